The van der Waals surface area contributed by atoms with Gasteiger partial charge in [0.2, 0.25) is 5.13 Å². The molecule has 3 aromatic carbocycles. The molecule has 1 heterocycles. The predicted octanol–water partition coefficient (Wildman–Crippen LogP) is 8.48. The molecule has 0 aliphatic carbocycles. The van der Waals surface area contributed by atoms with E-state index in [1.54, 1.807) is 24.3 Å². The first kappa shape index (κ1) is 20.5. The fourth-order valence-corrected chi connectivity index (χ4v) is 3.37. The molecule has 0 saturated carbocycles. The molecule has 154 valence electrons. The minimum Gasteiger partial charge on any atom is -0.264 e. The number of fused-ring (bicyclic) bond motifs is 1. The normalized spacial score (nSPS) is 12.2. The second-order valence-corrected chi connectivity index (χ2v) is 7.07. The Balaban J connectivity index is 1.50. The third kappa shape index (κ3) is 4.69. The summed E-state index contributed by atoms with van der Waals surface area (Å²) in [6.07, 6.45) is -4.50. The number of rotatable bonds is 5. The van der Waals surface area contributed by atoms with Crippen molar-refractivity contribution in [2.45, 2.75) is 6.18 Å². The molecule has 0 aliphatic heterocycles. The second-order valence-electron chi connectivity index (χ2n) is 6.24. The number of halogens is 3. The quantitative estimate of drug-likeness (QED) is 0.227. The van der Waals surface area contributed by atoms with Gasteiger partial charge in [-0.3, -0.25) is 4.99 Å². The minimum atomic E-state index is -4.50. The summed E-state index contributed by atoms with van der Waals surface area (Å²) in [4.78, 5) is 7.42. The van der Waals surface area contributed by atoms with Gasteiger partial charge in [0, 0.05) is 16.2 Å². The van der Waals surface area contributed by atoms with Gasteiger partial charge in [0.1, 0.15) is 0 Å². The zero-order chi connectivity index (χ0) is 21.8. The van der Waals surface area contributed by atoms with Gasteiger partial charge in [-0.25, -0.2) is 4.98 Å². The monoisotopic (exact) mass is 438 g/mol. The molecule has 10 heteroatoms. The summed E-state index contributed by atoms with van der Waals surface area (Å²) in [6.45, 7) is 3.58. The summed E-state index contributed by atoms with van der Waals surface area (Å²) < 4.78 is 37.7. The molecule has 0 fully saturated rings. The summed E-state index contributed by atoms with van der Waals surface area (Å²) in [5.74, 6) is 0. The topological polar surface area (TPSA) is 74.7 Å². The standard InChI is InChI=1S/C21H13F3N6S/c1-25-17-10-11-18(16-5-3-2-4-15(16)17)29-27-13-6-8-14(9-7-13)28-30-20-26-19(12-31-20)21(22,23)24/h2-12H,1H2. The highest BCUT2D eigenvalue weighted by atomic mass is 32.1. The Hall–Kier alpha value is -3.79. The maximum Gasteiger partial charge on any atom is 0.434 e. The lowest BCUT2D eigenvalue weighted by Crippen LogP contribution is -2.04. The van der Waals surface area contributed by atoms with Crippen LogP contribution in [0.15, 0.2) is 91.5 Å². The maximum atomic E-state index is 12.6. The molecule has 6 nitrogen and oxygen atoms in total. The molecule has 0 amide bonds. The highest BCUT2D eigenvalue weighted by molar-refractivity contribution is 7.13. The van der Waals surface area contributed by atoms with Crippen LogP contribution in [0.1, 0.15) is 5.69 Å². The number of nitrogens with zero attached hydrogens (tertiary/aromatic N) is 6. The van der Waals surface area contributed by atoms with E-state index >= 15 is 0 Å². The maximum absolute atomic E-state index is 12.6. The molecule has 4 rings (SSSR count). The van der Waals surface area contributed by atoms with Crippen molar-refractivity contribution in [2.75, 3.05) is 0 Å². The Bertz CT molecular complexity index is 1290. The lowest BCUT2D eigenvalue weighted by Gasteiger charge is -2.04. The molecule has 0 aliphatic rings. The van der Waals surface area contributed by atoms with Crippen molar-refractivity contribution in [1.82, 2.24) is 4.98 Å². The van der Waals surface area contributed by atoms with Crippen molar-refractivity contribution < 1.29 is 13.2 Å². The van der Waals surface area contributed by atoms with Crippen LogP contribution in [0, 0.1) is 0 Å². The van der Waals surface area contributed by atoms with Crippen LogP contribution in [-0.4, -0.2) is 11.7 Å². The van der Waals surface area contributed by atoms with Crippen LogP contribution < -0.4 is 0 Å². The van der Waals surface area contributed by atoms with Crippen LogP contribution in [0.25, 0.3) is 10.8 Å². The zero-order valence-electron chi connectivity index (χ0n) is 15.8. The van der Waals surface area contributed by atoms with Gasteiger partial charge < -0.3 is 0 Å². The van der Waals surface area contributed by atoms with Crippen LogP contribution in [0.4, 0.5) is 41.1 Å². The van der Waals surface area contributed by atoms with Crippen LogP contribution in [0.2, 0.25) is 0 Å². The van der Waals surface area contributed by atoms with Crippen molar-refractivity contribution in [1.29, 1.82) is 0 Å². The van der Waals surface area contributed by atoms with Crippen molar-refractivity contribution in [3.8, 4) is 0 Å². The first-order valence-corrected chi connectivity index (χ1v) is 9.77. The van der Waals surface area contributed by atoms with E-state index in [0.717, 1.165) is 33.2 Å². The van der Waals surface area contributed by atoms with Crippen LogP contribution in [0.5, 0.6) is 0 Å². The molecule has 4 aromatic rings. The largest absolute Gasteiger partial charge is 0.434 e. The van der Waals surface area contributed by atoms with E-state index in [4.69, 9.17) is 0 Å². The molecular formula is C21H13F3N6S. The number of hydrogen-bond donors (Lipinski definition) is 0. The van der Waals surface area contributed by atoms with E-state index in [1.165, 1.54) is 0 Å². The van der Waals surface area contributed by atoms with E-state index < -0.39 is 11.9 Å². The van der Waals surface area contributed by atoms with E-state index in [-0.39, 0.29) is 5.13 Å². The summed E-state index contributed by atoms with van der Waals surface area (Å²) >= 11 is 0.772. The predicted molar refractivity (Wildman–Crippen MR) is 115 cm³/mol. The molecular weight excluding hydrogens is 425 g/mol. The van der Waals surface area contributed by atoms with Crippen molar-refractivity contribution >= 4 is 56.7 Å². The molecule has 0 atom stereocenters. The summed E-state index contributed by atoms with van der Waals surface area (Å²) in [7, 11) is 0. The molecule has 0 N–H and O–H groups in total. The van der Waals surface area contributed by atoms with Crippen molar-refractivity contribution in [3.63, 3.8) is 0 Å². The van der Waals surface area contributed by atoms with Crippen LogP contribution in [-0.2, 0) is 6.18 Å². The average molecular weight is 438 g/mol. The Kier molecular flexibility index (Phi) is 5.63. The lowest BCUT2D eigenvalue weighted by atomic mass is 10.1. The summed E-state index contributed by atoms with van der Waals surface area (Å²) in [6, 6.07) is 18.0. The Labute approximate surface area is 178 Å². The van der Waals surface area contributed by atoms with Crippen LogP contribution in [0.3, 0.4) is 0 Å². The zero-order valence-corrected chi connectivity index (χ0v) is 16.6. The first-order chi connectivity index (χ1) is 14.9. The fraction of sp³-hybridized carbons (Fsp3) is 0.0476. The molecule has 0 spiro atoms. The number of alkyl halides is 3. The van der Waals surface area contributed by atoms with Gasteiger partial charge in [0.05, 0.1) is 22.7 Å². The number of aliphatic imine (C=N–C) groups is 1. The second kappa shape index (κ2) is 8.52. The number of hydrogen-bond acceptors (Lipinski definition) is 7. The number of azo groups is 2. The number of aromatic nitrogens is 1. The van der Waals surface area contributed by atoms with E-state index in [2.05, 4.69) is 37.2 Å². The summed E-state index contributed by atoms with van der Waals surface area (Å²) in [5.41, 5.74) is 1.52. The SMILES string of the molecule is C=Nc1ccc(N=Nc2ccc(N=Nc3nc(C(F)(F)F)cs3)cc2)c2ccccc12. The van der Waals surface area contributed by atoms with Crippen LogP contribution >= 0.6 is 11.3 Å². The average Bonchev–Trinajstić information content (AvgIpc) is 3.26. The van der Waals surface area contributed by atoms with Gasteiger partial charge in [0.25, 0.3) is 0 Å². The van der Waals surface area contributed by atoms with Crippen molar-refractivity contribution in [3.05, 3.63) is 71.7 Å². The molecule has 1 aromatic heterocycles. The summed E-state index contributed by atoms with van der Waals surface area (Å²) in [5, 5.41) is 18.9. The Morgan fingerprint density at radius 2 is 1.32 bits per heavy atom. The molecule has 0 saturated heterocycles. The fourth-order valence-electron chi connectivity index (χ4n) is 2.73. The number of thiazole rings is 1. The van der Waals surface area contributed by atoms with Gasteiger partial charge in [-0.2, -0.15) is 18.3 Å². The minimum absolute atomic E-state index is 0.0690. The molecule has 0 unspecified atom stereocenters. The third-order valence-electron chi connectivity index (χ3n) is 4.20. The van der Waals surface area contributed by atoms with Gasteiger partial charge in [-0.1, -0.05) is 24.3 Å². The molecule has 0 bridgehead atoms. The number of benzene rings is 3. The Morgan fingerprint density at radius 1 is 0.742 bits per heavy atom. The highest BCUT2D eigenvalue weighted by Gasteiger charge is 2.33. The van der Waals surface area contributed by atoms with Gasteiger partial charge in [0.15, 0.2) is 5.69 Å². The molecule has 0 radical (unpaired) electrons. The highest BCUT2D eigenvalue weighted by Crippen LogP contribution is 2.35. The Morgan fingerprint density at radius 3 is 1.90 bits per heavy atom. The van der Waals surface area contributed by atoms with Crippen molar-refractivity contribution in [2.24, 2.45) is 25.4 Å². The first-order valence-electron chi connectivity index (χ1n) is 8.89. The van der Waals surface area contributed by atoms with Gasteiger partial charge in [-0.05, 0) is 43.1 Å². The van der Waals surface area contributed by atoms with Gasteiger partial charge in [-0.15, -0.1) is 26.7 Å². The molecule has 31 heavy (non-hydrogen) atoms. The smallest absolute Gasteiger partial charge is 0.264 e. The van der Waals surface area contributed by atoms with E-state index in [1.807, 2.05) is 36.4 Å². The van der Waals surface area contributed by atoms with E-state index in [0.29, 0.717) is 17.1 Å². The lowest BCUT2D eigenvalue weighted by molar-refractivity contribution is -0.140. The van der Waals surface area contributed by atoms with Gasteiger partial charge >= 0.3 is 6.18 Å². The van der Waals surface area contributed by atoms with E-state index in [9.17, 15) is 13.2 Å². The third-order valence-corrected chi connectivity index (χ3v) is 4.93.